The van der Waals surface area contributed by atoms with Gasteiger partial charge in [-0.15, -0.1) is 0 Å². The average molecular weight is 324 g/mol. The second-order valence-electron chi connectivity index (χ2n) is 5.19. The Kier molecular flexibility index (Phi) is 6.51. The number of hydrogen-bond donors (Lipinski definition) is 1. The normalized spacial score (nSPS) is 27.5. The molecule has 0 saturated carbocycles. The summed E-state index contributed by atoms with van der Waals surface area (Å²) in [7, 11) is 0. The van der Waals surface area contributed by atoms with Crippen molar-refractivity contribution < 1.29 is 21.2 Å². The van der Waals surface area contributed by atoms with Crippen molar-refractivity contribution in [1.82, 2.24) is 0 Å². The van der Waals surface area contributed by atoms with Crippen molar-refractivity contribution in [3.63, 3.8) is 0 Å². The zero-order valence-corrected chi connectivity index (χ0v) is 12.6. The molecular formula is C13H27IN-. The molecule has 2 unspecified atom stereocenters. The van der Waals surface area contributed by atoms with Crippen LogP contribution in [-0.2, 0) is 0 Å². The Hall–Kier alpha value is 0.690. The zero-order valence-electron chi connectivity index (χ0n) is 10.4. The molecule has 1 aliphatic heterocycles. The Morgan fingerprint density at radius 1 is 1.33 bits per heavy atom. The minimum atomic E-state index is 0.138. The van der Waals surface area contributed by atoms with Crippen LogP contribution in [0.2, 0.25) is 0 Å². The first-order valence-electron chi connectivity index (χ1n) is 6.49. The summed E-state index contributed by atoms with van der Waals surface area (Å²) in [6.45, 7) is 4.58. The van der Waals surface area contributed by atoms with E-state index in [2.05, 4.69) is 13.8 Å². The third-order valence-electron chi connectivity index (χ3n) is 3.62. The Labute approximate surface area is 106 Å². The molecule has 1 rings (SSSR count). The molecule has 1 fully saturated rings. The molecule has 1 aliphatic rings. The molecule has 1 saturated heterocycles. The molecule has 2 atom stereocenters. The Bertz CT molecular complexity index is 160. The summed E-state index contributed by atoms with van der Waals surface area (Å²) in [5.41, 5.74) is 6.66. The first-order valence-corrected chi connectivity index (χ1v) is 9.54. The number of hydrogen-bond acceptors (Lipinski definition) is 1. The van der Waals surface area contributed by atoms with Crippen LogP contribution in [0.4, 0.5) is 0 Å². The van der Waals surface area contributed by atoms with E-state index in [1.807, 2.05) is 0 Å². The number of rotatable bonds is 5. The van der Waals surface area contributed by atoms with Gasteiger partial charge in [0.1, 0.15) is 0 Å². The molecule has 15 heavy (non-hydrogen) atoms. The summed E-state index contributed by atoms with van der Waals surface area (Å²) >= 11 is 0.481. The minimum absolute atomic E-state index is 0.138. The molecule has 92 valence electrons. The Balaban J connectivity index is 2.35. The van der Waals surface area contributed by atoms with Gasteiger partial charge in [-0.3, -0.25) is 0 Å². The van der Waals surface area contributed by atoms with E-state index in [0.29, 0.717) is 21.2 Å². The standard InChI is InChI=1S/C13H27IN/c1-3-4-6-9-13(2,15)12-8-5-7-10-14-11-12/h12H,3-11,15H2,1-2H3/q-1. The number of unbranched alkanes of at least 4 members (excludes halogenated alkanes) is 2. The van der Waals surface area contributed by atoms with E-state index in [9.17, 15) is 0 Å². The average Bonchev–Trinajstić information content (AvgIpc) is 2.46. The van der Waals surface area contributed by atoms with Crippen LogP contribution >= 0.6 is 0 Å². The van der Waals surface area contributed by atoms with Gasteiger partial charge in [-0.05, 0) is 0 Å². The fraction of sp³-hybridized carbons (Fsp3) is 1.00. The van der Waals surface area contributed by atoms with Gasteiger partial charge in [0.15, 0.2) is 0 Å². The molecule has 2 N–H and O–H groups in total. The zero-order chi connectivity index (χ0) is 11.1. The van der Waals surface area contributed by atoms with Gasteiger partial charge in [0.05, 0.1) is 0 Å². The molecule has 0 spiro atoms. The molecule has 1 heterocycles. The van der Waals surface area contributed by atoms with Crippen molar-refractivity contribution in [2.75, 3.05) is 8.86 Å². The summed E-state index contributed by atoms with van der Waals surface area (Å²) in [5.74, 6) is 0.838. The number of alkyl halides is 2. The molecule has 0 aromatic heterocycles. The molecule has 0 aliphatic carbocycles. The van der Waals surface area contributed by atoms with Crippen LogP contribution in [0, 0.1) is 5.92 Å². The Morgan fingerprint density at radius 3 is 2.87 bits per heavy atom. The van der Waals surface area contributed by atoms with E-state index in [4.69, 9.17) is 5.73 Å². The Morgan fingerprint density at radius 2 is 2.13 bits per heavy atom. The molecule has 0 amide bonds. The third kappa shape index (κ3) is 5.03. The van der Waals surface area contributed by atoms with Crippen molar-refractivity contribution in [2.24, 2.45) is 11.7 Å². The fourth-order valence-electron chi connectivity index (χ4n) is 2.33. The third-order valence-corrected chi connectivity index (χ3v) is 6.83. The van der Waals surface area contributed by atoms with Crippen LogP contribution < -0.4 is 26.9 Å². The van der Waals surface area contributed by atoms with Crippen LogP contribution in [0.5, 0.6) is 0 Å². The summed E-state index contributed by atoms with van der Waals surface area (Å²) in [4.78, 5) is 0. The summed E-state index contributed by atoms with van der Waals surface area (Å²) in [5, 5.41) is 0. The van der Waals surface area contributed by atoms with Gasteiger partial charge >= 0.3 is 106 Å². The van der Waals surface area contributed by atoms with Gasteiger partial charge in [0.2, 0.25) is 0 Å². The summed E-state index contributed by atoms with van der Waals surface area (Å²) in [6.07, 6.45) is 9.56. The number of halogens is 1. The topological polar surface area (TPSA) is 26.0 Å². The van der Waals surface area contributed by atoms with E-state index in [1.54, 1.807) is 4.43 Å². The maximum absolute atomic E-state index is 6.52. The van der Waals surface area contributed by atoms with Crippen LogP contribution in [-0.4, -0.2) is 14.4 Å². The molecule has 0 radical (unpaired) electrons. The first kappa shape index (κ1) is 13.8. The summed E-state index contributed by atoms with van der Waals surface area (Å²) in [6, 6.07) is 0. The van der Waals surface area contributed by atoms with Gasteiger partial charge in [0, 0.05) is 0 Å². The van der Waals surface area contributed by atoms with Gasteiger partial charge in [0.25, 0.3) is 0 Å². The van der Waals surface area contributed by atoms with E-state index in [1.165, 1.54) is 49.4 Å². The van der Waals surface area contributed by atoms with Gasteiger partial charge in [-0.2, -0.15) is 0 Å². The molecule has 0 aromatic rings. The van der Waals surface area contributed by atoms with Gasteiger partial charge < -0.3 is 0 Å². The molecule has 0 aromatic carbocycles. The van der Waals surface area contributed by atoms with Crippen molar-refractivity contribution in [3.8, 4) is 0 Å². The maximum atomic E-state index is 6.52. The monoisotopic (exact) mass is 324 g/mol. The fourth-order valence-corrected chi connectivity index (χ4v) is 6.05. The molecule has 1 nitrogen and oxygen atoms in total. The van der Waals surface area contributed by atoms with E-state index in [0.717, 1.165) is 5.92 Å². The van der Waals surface area contributed by atoms with E-state index >= 15 is 0 Å². The first-order chi connectivity index (χ1) is 7.17. The van der Waals surface area contributed by atoms with Gasteiger partial charge in [-0.25, -0.2) is 0 Å². The van der Waals surface area contributed by atoms with Crippen molar-refractivity contribution in [1.29, 1.82) is 0 Å². The van der Waals surface area contributed by atoms with Crippen LogP contribution in [0.25, 0.3) is 0 Å². The van der Waals surface area contributed by atoms with Crippen LogP contribution in [0.15, 0.2) is 0 Å². The molecule has 0 bridgehead atoms. The second-order valence-corrected chi connectivity index (χ2v) is 8.23. The van der Waals surface area contributed by atoms with E-state index in [-0.39, 0.29) is 5.54 Å². The van der Waals surface area contributed by atoms with Crippen LogP contribution in [0.1, 0.15) is 58.8 Å². The second kappa shape index (κ2) is 7.10. The van der Waals surface area contributed by atoms with E-state index < -0.39 is 0 Å². The summed E-state index contributed by atoms with van der Waals surface area (Å²) < 4.78 is 3.03. The van der Waals surface area contributed by atoms with Crippen molar-refractivity contribution >= 4 is 0 Å². The van der Waals surface area contributed by atoms with Crippen molar-refractivity contribution in [2.45, 2.75) is 64.3 Å². The van der Waals surface area contributed by atoms with Gasteiger partial charge in [-0.1, -0.05) is 0 Å². The molecule has 2 heteroatoms. The predicted octanol–water partition coefficient (Wildman–Crippen LogP) is 0.173. The SMILES string of the molecule is CCCCCC(C)(N)C1CCCC[I-]C1. The molecular weight excluding hydrogens is 297 g/mol. The van der Waals surface area contributed by atoms with Crippen molar-refractivity contribution in [3.05, 3.63) is 0 Å². The van der Waals surface area contributed by atoms with Crippen LogP contribution in [0.3, 0.4) is 0 Å². The number of nitrogens with two attached hydrogens (primary N) is 1. The quantitative estimate of drug-likeness (QED) is 0.436. The predicted molar refractivity (Wildman–Crippen MR) is 63.8 cm³/mol.